The lowest BCUT2D eigenvalue weighted by atomic mass is 9.86. The van der Waals surface area contributed by atoms with Crippen molar-refractivity contribution >= 4 is 5.97 Å². The highest BCUT2D eigenvalue weighted by Crippen LogP contribution is 2.26. The van der Waals surface area contributed by atoms with Crippen LogP contribution in [-0.2, 0) is 17.6 Å². The quantitative estimate of drug-likeness (QED) is 0.820. The van der Waals surface area contributed by atoms with Crippen molar-refractivity contribution in [1.82, 2.24) is 9.97 Å². The van der Waals surface area contributed by atoms with Crippen LogP contribution in [0.15, 0.2) is 6.20 Å². The van der Waals surface area contributed by atoms with Crippen molar-refractivity contribution < 1.29 is 9.90 Å². The van der Waals surface area contributed by atoms with E-state index in [0.717, 1.165) is 18.0 Å². The van der Waals surface area contributed by atoms with Crippen LogP contribution in [-0.4, -0.2) is 21.0 Å². The molecule has 4 nitrogen and oxygen atoms in total. The Morgan fingerprint density at radius 3 is 2.88 bits per heavy atom. The molecule has 2 rings (SSSR count). The first-order valence-electron chi connectivity index (χ1n) is 5.98. The van der Waals surface area contributed by atoms with Crippen LogP contribution >= 0.6 is 0 Å². The van der Waals surface area contributed by atoms with E-state index in [-0.39, 0.29) is 6.42 Å². The number of carboxylic acid groups (broad SMARTS) is 1. The number of imidazole rings is 1. The first kappa shape index (κ1) is 11.2. The number of rotatable bonds is 4. The lowest BCUT2D eigenvalue weighted by Crippen LogP contribution is -2.09. The predicted octanol–water partition coefficient (Wildman–Crippen LogP) is 2.16. The fourth-order valence-corrected chi connectivity index (χ4v) is 2.44. The number of aliphatic carboxylic acids is 1. The SMILES string of the molecule is O=C(O)Cc1ncc(CC2CCCCC2)[nH]1. The van der Waals surface area contributed by atoms with E-state index < -0.39 is 5.97 Å². The van der Waals surface area contributed by atoms with E-state index in [4.69, 9.17) is 5.11 Å². The van der Waals surface area contributed by atoms with Gasteiger partial charge in [0.25, 0.3) is 0 Å². The van der Waals surface area contributed by atoms with Gasteiger partial charge in [-0.05, 0) is 12.3 Å². The number of aromatic nitrogens is 2. The Balaban J connectivity index is 1.88. The number of nitrogens with zero attached hydrogens (tertiary/aromatic N) is 1. The molecule has 1 aliphatic carbocycles. The lowest BCUT2D eigenvalue weighted by Gasteiger charge is -2.20. The number of H-pyrrole nitrogens is 1. The molecule has 1 aromatic rings. The van der Waals surface area contributed by atoms with Crippen molar-refractivity contribution in [3.63, 3.8) is 0 Å². The van der Waals surface area contributed by atoms with Gasteiger partial charge in [0.15, 0.2) is 0 Å². The monoisotopic (exact) mass is 222 g/mol. The Kier molecular flexibility index (Phi) is 3.59. The van der Waals surface area contributed by atoms with Gasteiger partial charge in [0.2, 0.25) is 0 Å². The summed E-state index contributed by atoms with van der Waals surface area (Å²) in [5.74, 6) is 0.490. The van der Waals surface area contributed by atoms with Crippen molar-refractivity contribution in [3.8, 4) is 0 Å². The Labute approximate surface area is 95.1 Å². The van der Waals surface area contributed by atoms with Gasteiger partial charge in [-0.15, -0.1) is 0 Å². The molecule has 0 unspecified atom stereocenters. The number of carbonyl (C=O) groups is 1. The standard InChI is InChI=1S/C12H18N2O2/c15-12(16)7-11-13-8-10(14-11)6-9-4-2-1-3-5-9/h8-9H,1-7H2,(H,13,14)(H,15,16). The Bertz CT molecular complexity index is 354. The Hall–Kier alpha value is -1.32. The molecule has 4 heteroatoms. The minimum atomic E-state index is -0.835. The fourth-order valence-electron chi connectivity index (χ4n) is 2.44. The maximum absolute atomic E-state index is 10.5. The third-order valence-electron chi connectivity index (χ3n) is 3.23. The van der Waals surface area contributed by atoms with Crippen LogP contribution < -0.4 is 0 Å². The molecule has 2 N–H and O–H groups in total. The second-order valence-electron chi connectivity index (χ2n) is 4.63. The van der Waals surface area contributed by atoms with E-state index in [9.17, 15) is 4.79 Å². The molecule has 0 aromatic carbocycles. The largest absolute Gasteiger partial charge is 0.481 e. The van der Waals surface area contributed by atoms with Crippen molar-refractivity contribution in [3.05, 3.63) is 17.7 Å². The first-order valence-corrected chi connectivity index (χ1v) is 5.98. The second kappa shape index (κ2) is 5.14. The molecular weight excluding hydrogens is 204 g/mol. The van der Waals surface area contributed by atoms with Crippen LogP contribution in [0.4, 0.5) is 0 Å². The number of carboxylic acids is 1. The normalized spacial score (nSPS) is 17.5. The summed E-state index contributed by atoms with van der Waals surface area (Å²) in [6.45, 7) is 0. The van der Waals surface area contributed by atoms with E-state index in [2.05, 4.69) is 9.97 Å². The maximum atomic E-state index is 10.5. The van der Waals surface area contributed by atoms with E-state index >= 15 is 0 Å². The Morgan fingerprint density at radius 1 is 1.44 bits per heavy atom. The highest BCUT2D eigenvalue weighted by molar-refractivity contribution is 5.68. The van der Waals surface area contributed by atoms with Gasteiger partial charge in [-0.2, -0.15) is 0 Å². The van der Waals surface area contributed by atoms with Crippen LogP contribution in [0.1, 0.15) is 43.6 Å². The van der Waals surface area contributed by atoms with Crippen molar-refractivity contribution in [2.45, 2.75) is 44.9 Å². The zero-order valence-corrected chi connectivity index (χ0v) is 9.41. The molecule has 0 atom stereocenters. The molecule has 1 saturated carbocycles. The van der Waals surface area contributed by atoms with Gasteiger partial charge in [-0.25, -0.2) is 4.98 Å². The summed E-state index contributed by atoms with van der Waals surface area (Å²) in [6.07, 6.45) is 9.43. The molecule has 1 fully saturated rings. The number of nitrogens with one attached hydrogen (secondary N) is 1. The van der Waals surface area contributed by atoms with Crippen LogP contribution in [0.2, 0.25) is 0 Å². The molecule has 16 heavy (non-hydrogen) atoms. The topological polar surface area (TPSA) is 66.0 Å². The van der Waals surface area contributed by atoms with Crippen molar-refractivity contribution in [2.75, 3.05) is 0 Å². The molecular formula is C12H18N2O2. The average molecular weight is 222 g/mol. The zero-order chi connectivity index (χ0) is 11.4. The highest BCUT2D eigenvalue weighted by atomic mass is 16.4. The summed E-state index contributed by atoms with van der Waals surface area (Å²) in [6, 6.07) is 0. The van der Waals surface area contributed by atoms with Crippen molar-refractivity contribution in [2.24, 2.45) is 5.92 Å². The minimum Gasteiger partial charge on any atom is -0.481 e. The summed E-state index contributed by atoms with van der Waals surface area (Å²) in [5, 5.41) is 8.64. The van der Waals surface area contributed by atoms with Gasteiger partial charge in [0.05, 0.1) is 0 Å². The maximum Gasteiger partial charge on any atom is 0.311 e. The molecule has 88 valence electrons. The smallest absolute Gasteiger partial charge is 0.311 e. The summed E-state index contributed by atoms with van der Waals surface area (Å²) in [4.78, 5) is 17.7. The third-order valence-corrected chi connectivity index (χ3v) is 3.23. The van der Waals surface area contributed by atoms with Crippen molar-refractivity contribution in [1.29, 1.82) is 0 Å². The molecule has 0 radical (unpaired) electrons. The molecule has 0 aliphatic heterocycles. The molecule has 0 saturated heterocycles. The summed E-state index contributed by atoms with van der Waals surface area (Å²) in [7, 11) is 0. The van der Waals surface area contributed by atoms with Crippen LogP contribution in [0.25, 0.3) is 0 Å². The van der Waals surface area contributed by atoms with Gasteiger partial charge in [-0.3, -0.25) is 4.79 Å². The Morgan fingerprint density at radius 2 is 2.19 bits per heavy atom. The molecule has 0 spiro atoms. The van der Waals surface area contributed by atoms with Crippen LogP contribution in [0, 0.1) is 5.92 Å². The zero-order valence-electron chi connectivity index (χ0n) is 9.41. The summed E-state index contributed by atoms with van der Waals surface area (Å²) in [5.41, 5.74) is 1.09. The number of hydrogen-bond donors (Lipinski definition) is 2. The van der Waals surface area contributed by atoms with Gasteiger partial charge < -0.3 is 10.1 Å². The average Bonchev–Trinajstić information content (AvgIpc) is 2.66. The van der Waals surface area contributed by atoms with E-state index in [1.54, 1.807) is 6.20 Å². The second-order valence-corrected chi connectivity index (χ2v) is 4.63. The van der Waals surface area contributed by atoms with Gasteiger partial charge in [0, 0.05) is 11.9 Å². The van der Waals surface area contributed by atoms with Crippen LogP contribution in [0.5, 0.6) is 0 Å². The predicted molar refractivity (Wildman–Crippen MR) is 60.2 cm³/mol. The minimum absolute atomic E-state index is 0.00926. The molecule has 1 heterocycles. The highest BCUT2D eigenvalue weighted by Gasteiger charge is 2.15. The molecule has 1 aromatic heterocycles. The lowest BCUT2D eigenvalue weighted by molar-refractivity contribution is -0.136. The van der Waals surface area contributed by atoms with E-state index in [0.29, 0.717) is 5.82 Å². The van der Waals surface area contributed by atoms with Crippen LogP contribution in [0.3, 0.4) is 0 Å². The number of hydrogen-bond acceptors (Lipinski definition) is 2. The first-order chi connectivity index (χ1) is 7.74. The molecule has 1 aliphatic rings. The third kappa shape index (κ3) is 3.08. The van der Waals surface area contributed by atoms with Gasteiger partial charge in [0.1, 0.15) is 12.2 Å². The van der Waals surface area contributed by atoms with Gasteiger partial charge in [-0.1, -0.05) is 32.1 Å². The van der Waals surface area contributed by atoms with E-state index in [1.165, 1.54) is 32.1 Å². The fraction of sp³-hybridized carbons (Fsp3) is 0.667. The molecule has 0 amide bonds. The summed E-state index contributed by atoms with van der Waals surface area (Å²) >= 11 is 0. The van der Waals surface area contributed by atoms with Gasteiger partial charge >= 0.3 is 5.97 Å². The van der Waals surface area contributed by atoms with E-state index in [1.807, 2.05) is 0 Å². The molecule has 0 bridgehead atoms. The number of aromatic amines is 1. The summed E-state index contributed by atoms with van der Waals surface area (Å²) < 4.78 is 0.